The van der Waals surface area contributed by atoms with E-state index >= 15 is 0 Å². The van der Waals surface area contributed by atoms with E-state index in [1.54, 1.807) is 78.9 Å². The second kappa shape index (κ2) is 10.5. The molecule has 8 nitrogen and oxygen atoms in total. The van der Waals surface area contributed by atoms with Crippen LogP contribution in [0.2, 0.25) is 0 Å². The number of hydrogen-bond donors (Lipinski definition) is 0. The van der Waals surface area contributed by atoms with Crippen molar-refractivity contribution in [2.24, 2.45) is 0 Å². The topological polar surface area (TPSA) is 99.2 Å². The van der Waals surface area contributed by atoms with Gasteiger partial charge in [0, 0.05) is 11.3 Å². The van der Waals surface area contributed by atoms with Crippen molar-refractivity contribution in [2.75, 3.05) is 26.2 Å². The van der Waals surface area contributed by atoms with E-state index in [-0.39, 0.29) is 11.1 Å². The van der Waals surface area contributed by atoms with Crippen LogP contribution in [0.25, 0.3) is 0 Å². The first-order valence-electron chi connectivity index (χ1n) is 11.4. The lowest BCUT2D eigenvalue weighted by atomic mass is 9.81. The Kier molecular flexibility index (Phi) is 7.20. The van der Waals surface area contributed by atoms with Crippen molar-refractivity contribution in [3.05, 3.63) is 113 Å². The lowest BCUT2D eigenvalue weighted by Crippen LogP contribution is -2.61. The summed E-state index contributed by atoms with van der Waals surface area (Å²) in [6.45, 7) is 0. The van der Waals surface area contributed by atoms with E-state index in [0.29, 0.717) is 11.3 Å². The summed E-state index contributed by atoms with van der Waals surface area (Å²) >= 11 is 0. The molecule has 0 bridgehead atoms. The Bertz CT molecular complexity index is 1350. The van der Waals surface area contributed by atoms with Gasteiger partial charge in [-0.05, 0) is 17.7 Å². The SMILES string of the molecule is COC(=O)C1=C(C(=O)OC)[C@@](C(=O)OC)(C(=O)c2ccccc2)N(c2ccccc2)[C@@H]1c1ccccc1. The summed E-state index contributed by atoms with van der Waals surface area (Å²) in [5, 5.41) is 0. The number of ether oxygens (including phenoxy) is 3. The maximum atomic E-state index is 14.5. The van der Waals surface area contributed by atoms with Gasteiger partial charge in [-0.1, -0.05) is 78.9 Å². The third kappa shape index (κ3) is 4.06. The van der Waals surface area contributed by atoms with Crippen molar-refractivity contribution in [3.8, 4) is 0 Å². The number of anilines is 1. The van der Waals surface area contributed by atoms with E-state index in [0.717, 1.165) is 21.3 Å². The fourth-order valence-corrected chi connectivity index (χ4v) is 4.80. The molecule has 0 saturated carbocycles. The Balaban J connectivity index is 2.22. The molecule has 0 amide bonds. The van der Waals surface area contributed by atoms with E-state index in [9.17, 15) is 19.2 Å². The number of rotatable bonds is 7. The molecule has 2 atom stereocenters. The number of carbonyl (C=O) groups is 4. The van der Waals surface area contributed by atoms with Gasteiger partial charge < -0.3 is 19.1 Å². The van der Waals surface area contributed by atoms with Crippen molar-refractivity contribution in [3.63, 3.8) is 0 Å². The highest BCUT2D eigenvalue weighted by Crippen LogP contribution is 2.52. The molecule has 0 N–H and O–H groups in total. The van der Waals surface area contributed by atoms with Crippen LogP contribution in [-0.2, 0) is 28.6 Å². The molecule has 8 heteroatoms. The van der Waals surface area contributed by atoms with E-state index in [2.05, 4.69) is 0 Å². The molecular weight excluding hydrogens is 474 g/mol. The molecule has 4 rings (SSSR count). The first-order valence-corrected chi connectivity index (χ1v) is 11.4. The van der Waals surface area contributed by atoms with E-state index in [1.807, 2.05) is 0 Å². The summed E-state index contributed by atoms with van der Waals surface area (Å²) in [5.74, 6) is -3.73. The molecule has 1 aliphatic heterocycles. The van der Waals surface area contributed by atoms with Crippen LogP contribution in [0.1, 0.15) is 22.0 Å². The third-order valence-electron chi connectivity index (χ3n) is 6.31. The molecule has 0 saturated heterocycles. The van der Waals surface area contributed by atoms with Crippen LogP contribution in [0.5, 0.6) is 0 Å². The molecule has 0 aromatic heterocycles. The van der Waals surface area contributed by atoms with Gasteiger partial charge in [0.25, 0.3) is 0 Å². The summed E-state index contributed by atoms with van der Waals surface area (Å²) in [6, 6.07) is 24.3. The standard InChI is InChI=1S/C29H25NO7/c1-35-26(32)22-23(27(33)36-2)29(28(34)37-3,25(31)20-15-9-5-10-16-20)30(21-17-11-6-12-18-21)24(22)19-13-7-4-8-14-19/h4-18,24H,1-3H3/t24-,29+/m1/s1. The monoisotopic (exact) mass is 499 g/mol. The zero-order chi connectivity index (χ0) is 26.6. The fourth-order valence-electron chi connectivity index (χ4n) is 4.80. The van der Waals surface area contributed by atoms with Gasteiger partial charge in [-0.25, -0.2) is 14.4 Å². The summed E-state index contributed by atoms with van der Waals surface area (Å²) in [6.07, 6.45) is 0. The van der Waals surface area contributed by atoms with E-state index in [1.165, 1.54) is 17.0 Å². The molecule has 3 aromatic carbocycles. The van der Waals surface area contributed by atoms with Gasteiger partial charge in [-0.15, -0.1) is 0 Å². The quantitative estimate of drug-likeness (QED) is 0.210. The number of hydrogen-bond acceptors (Lipinski definition) is 8. The molecule has 0 spiro atoms. The minimum Gasteiger partial charge on any atom is -0.467 e. The van der Waals surface area contributed by atoms with E-state index in [4.69, 9.17) is 14.2 Å². The second-order valence-corrected chi connectivity index (χ2v) is 8.19. The lowest BCUT2D eigenvalue weighted by molar-refractivity contribution is -0.147. The number of benzene rings is 3. The Morgan fingerprint density at radius 2 is 1.19 bits per heavy atom. The summed E-state index contributed by atoms with van der Waals surface area (Å²) in [4.78, 5) is 56.7. The van der Waals surface area contributed by atoms with Crippen LogP contribution in [0.3, 0.4) is 0 Å². The minimum absolute atomic E-state index is 0.133. The Morgan fingerprint density at radius 3 is 1.70 bits per heavy atom. The Labute approximate surface area is 214 Å². The number of esters is 3. The third-order valence-corrected chi connectivity index (χ3v) is 6.31. The number of ketones is 1. The smallest absolute Gasteiger partial charge is 0.345 e. The number of nitrogens with zero attached hydrogens (tertiary/aromatic N) is 1. The van der Waals surface area contributed by atoms with Gasteiger partial charge in [-0.3, -0.25) is 4.79 Å². The summed E-state index contributed by atoms with van der Waals surface area (Å²) in [7, 11) is 3.40. The van der Waals surface area contributed by atoms with Crippen LogP contribution < -0.4 is 4.90 Å². The maximum absolute atomic E-state index is 14.5. The van der Waals surface area contributed by atoms with Crippen molar-refractivity contribution in [2.45, 2.75) is 11.6 Å². The van der Waals surface area contributed by atoms with Crippen molar-refractivity contribution < 1.29 is 33.4 Å². The Hall–Kier alpha value is -4.72. The Morgan fingerprint density at radius 1 is 0.676 bits per heavy atom. The summed E-state index contributed by atoms with van der Waals surface area (Å²) in [5.41, 5.74) is -1.99. The second-order valence-electron chi connectivity index (χ2n) is 8.19. The van der Waals surface area contributed by atoms with Crippen molar-refractivity contribution in [1.29, 1.82) is 0 Å². The van der Waals surface area contributed by atoms with Crippen LogP contribution in [0.4, 0.5) is 5.69 Å². The van der Waals surface area contributed by atoms with Gasteiger partial charge in [-0.2, -0.15) is 0 Å². The zero-order valence-corrected chi connectivity index (χ0v) is 20.5. The van der Waals surface area contributed by atoms with Crippen molar-refractivity contribution >= 4 is 29.4 Å². The number of para-hydroxylation sites is 1. The first kappa shape index (κ1) is 25.4. The number of Topliss-reactive ketones (excluding diaryl/α,β-unsaturated/α-hetero) is 1. The number of methoxy groups -OCH3 is 3. The van der Waals surface area contributed by atoms with Crippen LogP contribution >= 0.6 is 0 Å². The average molecular weight is 500 g/mol. The molecule has 1 heterocycles. The van der Waals surface area contributed by atoms with Crippen LogP contribution in [0.15, 0.2) is 102 Å². The maximum Gasteiger partial charge on any atom is 0.345 e. The molecule has 37 heavy (non-hydrogen) atoms. The van der Waals surface area contributed by atoms with Crippen LogP contribution in [0, 0.1) is 0 Å². The van der Waals surface area contributed by atoms with Gasteiger partial charge in [0.15, 0.2) is 0 Å². The summed E-state index contributed by atoms with van der Waals surface area (Å²) < 4.78 is 15.4. The average Bonchev–Trinajstić information content (AvgIpc) is 3.29. The van der Waals surface area contributed by atoms with Gasteiger partial charge in [0.2, 0.25) is 11.3 Å². The predicted molar refractivity (Wildman–Crippen MR) is 135 cm³/mol. The molecular formula is C29H25NO7. The fraction of sp³-hybridized carbons (Fsp3) is 0.172. The predicted octanol–water partition coefficient (Wildman–Crippen LogP) is 3.69. The molecule has 0 aliphatic carbocycles. The molecule has 1 aliphatic rings. The van der Waals surface area contributed by atoms with Gasteiger partial charge in [0.05, 0.1) is 38.5 Å². The zero-order valence-electron chi connectivity index (χ0n) is 20.5. The highest BCUT2D eigenvalue weighted by Gasteiger charge is 2.67. The molecule has 0 fully saturated rings. The molecule has 0 unspecified atom stereocenters. The largest absolute Gasteiger partial charge is 0.467 e. The molecule has 3 aromatic rings. The first-order chi connectivity index (χ1) is 17.9. The van der Waals surface area contributed by atoms with Crippen molar-refractivity contribution in [1.82, 2.24) is 0 Å². The lowest BCUT2D eigenvalue weighted by Gasteiger charge is -2.41. The van der Waals surface area contributed by atoms with Gasteiger partial charge in [0.1, 0.15) is 0 Å². The highest BCUT2D eigenvalue weighted by molar-refractivity contribution is 6.29. The van der Waals surface area contributed by atoms with E-state index < -0.39 is 40.8 Å². The number of carbonyl (C=O) groups excluding carboxylic acids is 4. The van der Waals surface area contributed by atoms with Gasteiger partial charge >= 0.3 is 17.9 Å². The minimum atomic E-state index is -2.41. The van der Waals surface area contributed by atoms with Crippen LogP contribution in [-0.4, -0.2) is 50.6 Å². The highest BCUT2D eigenvalue weighted by atomic mass is 16.5. The molecule has 0 radical (unpaired) electrons. The normalized spacial score (nSPS) is 18.8. The molecule has 188 valence electrons.